The van der Waals surface area contributed by atoms with Crippen LogP contribution in [0.4, 0.5) is 5.69 Å². The molecule has 0 unspecified atom stereocenters. The van der Waals surface area contributed by atoms with Gasteiger partial charge in [-0.2, -0.15) is 0 Å². The summed E-state index contributed by atoms with van der Waals surface area (Å²) in [4.78, 5) is 44.5. The first-order chi connectivity index (χ1) is 14.0. The second kappa shape index (κ2) is 8.53. The highest BCUT2D eigenvalue weighted by Gasteiger charge is 2.42. The molecular weight excluding hydrogens is 368 g/mol. The predicted octanol–water partition coefficient (Wildman–Crippen LogP) is 1.55. The number of benzene rings is 1. The van der Waals surface area contributed by atoms with E-state index in [2.05, 4.69) is 10.2 Å². The highest BCUT2D eigenvalue weighted by molar-refractivity contribution is 6.12. The molecule has 1 aromatic carbocycles. The van der Waals surface area contributed by atoms with Gasteiger partial charge in [0.25, 0.3) is 5.91 Å². The first-order valence-corrected chi connectivity index (χ1v) is 10.8. The summed E-state index contributed by atoms with van der Waals surface area (Å²) in [5, 5.41) is 2.96. The van der Waals surface area contributed by atoms with Crippen LogP contribution in [0.25, 0.3) is 0 Å². The molecule has 156 valence electrons. The molecule has 0 saturated carbocycles. The molecule has 0 aromatic heterocycles. The van der Waals surface area contributed by atoms with Crippen LogP contribution in [0, 0.1) is 6.92 Å². The van der Waals surface area contributed by atoms with Gasteiger partial charge in [0.05, 0.1) is 11.3 Å². The number of nitrogens with one attached hydrogen (secondary N) is 1. The van der Waals surface area contributed by atoms with Gasteiger partial charge in [0, 0.05) is 19.6 Å². The van der Waals surface area contributed by atoms with E-state index < -0.39 is 6.04 Å². The van der Waals surface area contributed by atoms with E-state index in [0.717, 1.165) is 31.6 Å². The number of piperidine rings is 1. The normalized spacial score (nSPS) is 22.3. The van der Waals surface area contributed by atoms with Gasteiger partial charge in [-0.1, -0.05) is 18.1 Å². The summed E-state index contributed by atoms with van der Waals surface area (Å²) in [6.07, 6.45) is 5.20. The number of nitrogens with zero attached hydrogens (tertiary/aromatic N) is 3. The maximum atomic E-state index is 13.2. The van der Waals surface area contributed by atoms with Crippen molar-refractivity contribution >= 4 is 23.4 Å². The Hall–Kier alpha value is -2.41. The van der Waals surface area contributed by atoms with Gasteiger partial charge in [-0.3, -0.25) is 14.4 Å². The fraction of sp³-hybridized carbons (Fsp3) is 0.591. The summed E-state index contributed by atoms with van der Waals surface area (Å²) in [7, 11) is 0. The zero-order valence-electron chi connectivity index (χ0n) is 17.2. The van der Waals surface area contributed by atoms with Gasteiger partial charge in [-0.25, -0.2) is 0 Å². The Balaban J connectivity index is 1.47. The van der Waals surface area contributed by atoms with Crippen LogP contribution in [0.3, 0.4) is 0 Å². The van der Waals surface area contributed by atoms with Gasteiger partial charge in [0.1, 0.15) is 12.6 Å². The molecular formula is C22H30N4O3. The summed E-state index contributed by atoms with van der Waals surface area (Å²) in [6.45, 7) is 6.07. The largest absolute Gasteiger partial charge is 0.353 e. The Bertz CT molecular complexity index is 803. The van der Waals surface area contributed by atoms with Crippen molar-refractivity contribution in [3.63, 3.8) is 0 Å². The number of likely N-dealkylation sites (tertiary alicyclic amines) is 1. The lowest BCUT2D eigenvalue weighted by molar-refractivity contribution is -0.125. The topological polar surface area (TPSA) is 73.0 Å². The SMILES string of the molecule is Cc1ccc2c(c1)C(=O)N1CCC[C@@H]1C(=O)N2CC(=O)NCCN1CCCCC1. The third kappa shape index (κ3) is 4.15. The molecule has 1 atom stereocenters. The number of hydrogen-bond acceptors (Lipinski definition) is 4. The Labute approximate surface area is 172 Å². The lowest BCUT2D eigenvalue weighted by Crippen LogP contribution is -2.48. The van der Waals surface area contributed by atoms with Gasteiger partial charge in [0.2, 0.25) is 11.8 Å². The molecule has 3 aliphatic rings. The molecule has 29 heavy (non-hydrogen) atoms. The van der Waals surface area contributed by atoms with Crippen molar-refractivity contribution in [3.8, 4) is 0 Å². The molecule has 3 aliphatic heterocycles. The number of fused-ring (bicyclic) bond motifs is 2. The average molecular weight is 399 g/mol. The van der Waals surface area contributed by atoms with Crippen LogP contribution in [0.15, 0.2) is 18.2 Å². The standard InChI is InChI=1S/C22H30N4O3/c1-16-7-8-18-17(14-16)21(28)25-12-5-6-19(25)22(29)26(18)15-20(27)23-9-13-24-10-3-2-4-11-24/h7-8,14,19H,2-6,9-13,15H2,1H3,(H,23,27)/t19-/m1/s1. The molecule has 3 heterocycles. The molecule has 2 fully saturated rings. The van der Waals surface area contributed by atoms with Crippen molar-refractivity contribution in [3.05, 3.63) is 29.3 Å². The molecule has 0 bridgehead atoms. The van der Waals surface area contributed by atoms with E-state index in [1.54, 1.807) is 11.0 Å². The molecule has 0 aliphatic carbocycles. The number of amides is 3. The minimum Gasteiger partial charge on any atom is -0.353 e. The van der Waals surface area contributed by atoms with Crippen molar-refractivity contribution < 1.29 is 14.4 Å². The van der Waals surface area contributed by atoms with Crippen LogP contribution < -0.4 is 10.2 Å². The van der Waals surface area contributed by atoms with Crippen LogP contribution in [-0.4, -0.2) is 72.8 Å². The van der Waals surface area contributed by atoms with Crippen LogP contribution in [0.5, 0.6) is 0 Å². The second-order valence-electron chi connectivity index (χ2n) is 8.35. The number of hydrogen-bond donors (Lipinski definition) is 1. The molecule has 7 heteroatoms. The molecule has 3 amide bonds. The summed E-state index contributed by atoms with van der Waals surface area (Å²) in [5.74, 6) is -0.432. The summed E-state index contributed by atoms with van der Waals surface area (Å²) in [6, 6.07) is 5.05. The van der Waals surface area contributed by atoms with Gasteiger partial charge in [0.15, 0.2) is 0 Å². The van der Waals surface area contributed by atoms with E-state index in [-0.39, 0.29) is 24.3 Å². The van der Waals surface area contributed by atoms with Crippen molar-refractivity contribution in [2.24, 2.45) is 0 Å². The maximum Gasteiger partial charge on any atom is 0.256 e. The first kappa shape index (κ1) is 19.9. The van der Waals surface area contributed by atoms with E-state index in [4.69, 9.17) is 0 Å². The number of anilines is 1. The molecule has 1 aromatic rings. The Morgan fingerprint density at radius 3 is 2.69 bits per heavy atom. The average Bonchev–Trinajstić information content (AvgIpc) is 3.19. The number of rotatable bonds is 5. The van der Waals surface area contributed by atoms with Gasteiger partial charge in [-0.15, -0.1) is 0 Å². The number of carbonyl (C=O) groups is 3. The highest BCUT2D eigenvalue weighted by atomic mass is 16.2. The Morgan fingerprint density at radius 1 is 1.10 bits per heavy atom. The van der Waals surface area contributed by atoms with Crippen molar-refractivity contribution in [2.45, 2.75) is 45.1 Å². The van der Waals surface area contributed by atoms with Crippen molar-refractivity contribution in [1.29, 1.82) is 0 Å². The minimum atomic E-state index is -0.462. The maximum absolute atomic E-state index is 13.2. The summed E-state index contributed by atoms with van der Waals surface area (Å²) in [5.41, 5.74) is 2.03. The lowest BCUT2D eigenvalue weighted by atomic mass is 10.1. The summed E-state index contributed by atoms with van der Waals surface area (Å²) < 4.78 is 0. The van der Waals surface area contributed by atoms with Crippen LogP contribution in [0.2, 0.25) is 0 Å². The number of aryl methyl sites for hydroxylation is 1. The molecule has 7 nitrogen and oxygen atoms in total. The zero-order chi connectivity index (χ0) is 20.4. The molecule has 0 spiro atoms. The predicted molar refractivity (Wildman–Crippen MR) is 111 cm³/mol. The fourth-order valence-corrected chi connectivity index (χ4v) is 4.68. The van der Waals surface area contributed by atoms with Crippen molar-refractivity contribution in [2.75, 3.05) is 44.2 Å². The van der Waals surface area contributed by atoms with E-state index in [9.17, 15) is 14.4 Å². The monoisotopic (exact) mass is 398 g/mol. The third-order valence-electron chi connectivity index (χ3n) is 6.24. The smallest absolute Gasteiger partial charge is 0.256 e. The van der Waals surface area contributed by atoms with Crippen LogP contribution in [-0.2, 0) is 9.59 Å². The first-order valence-electron chi connectivity index (χ1n) is 10.8. The van der Waals surface area contributed by atoms with Crippen LogP contribution in [0.1, 0.15) is 48.0 Å². The molecule has 4 rings (SSSR count). The number of carbonyl (C=O) groups excluding carboxylic acids is 3. The highest BCUT2D eigenvalue weighted by Crippen LogP contribution is 2.32. The lowest BCUT2D eigenvalue weighted by Gasteiger charge is -2.27. The third-order valence-corrected chi connectivity index (χ3v) is 6.24. The van der Waals surface area contributed by atoms with E-state index in [1.807, 2.05) is 19.1 Å². The quantitative estimate of drug-likeness (QED) is 0.817. The van der Waals surface area contributed by atoms with Gasteiger partial charge in [-0.05, 0) is 57.8 Å². The molecule has 0 radical (unpaired) electrons. The fourth-order valence-electron chi connectivity index (χ4n) is 4.68. The van der Waals surface area contributed by atoms with Crippen LogP contribution >= 0.6 is 0 Å². The van der Waals surface area contributed by atoms with Gasteiger partial charge >= 0.3 is 0 Å². The van der Waals surface area contributed by atoms with Crippen molar-refractivity contribution in [1.82, 2.24) is 15.1 Å². The molecule has 1 N–H and O–H groups in total. The molecule has 2 saturated heterocycles. The summed E-state index contributed by atoms with van der Waals surface area (Å²) >= 11 is 0. The minimum absolute atomic E-state index is 0.0491. The Kier molecular flexibility index (Phi) is 5.85. The second-order valence-corrected chi connectivity index (χ2v) is 8.35. The van der Waals surface area contributed by atoms with E-state index in [1.165, 1.54) is 24.2 Å². The zero-order valence-corrected chi connectivity index (χ0v) is 17.2. The Morgan fingerprint density at radius 2 is 1.90 bits per heavy atom. The van der Waals surface area contributed by atoms with E-state index >= 15 is 0 Å². The van der Waals surface area contributed by atoms with Gasteiger partial charge < -0.3 is 20.0 Å². The van der Waals surface area contributed by atoms with E-state index in [0.29, 0.717) is 30.8 Å².